The molecule has 1 fully saturated rings. The summed E-state index contributed by atoms with van der Waals surface area (Å²) in [7, 11) is 1.48. The van der Waals surface area contributed by atoms with Crippen LogP contribution in [0.3, 0.4) is 0 Å². The fourth-order valence-corrected chi connectivity index (χ4v) is 1.75. The molecule has 2 amide bonds. The quantitative estimate of drug-likeness (QED) is 0.629. The minimum atomic E-state index is -0.650. The van der Waals surface area contributed by atoms with Gasteiger partial charge in [0, 0.05) is 20.0 Å². The third-order valence-electron chi connectivity index (χ3n) is 2.87. The van der Waals surface area contributed by atoms with Crippen molar-refractivity contribution in [2.24, 2.45) is 0 Å². The highest BCUT2D eigenvalue weighted by molar-refractivity contribution is 6.00. The first-order valence-electron chi connectivity index (χ1n) is 6.25. The van der Waals surface area contributed by atoms with Gasteiger partial charge in [0.05, 0.1) is 24.9 Å². The first kappa shape index (κ1) is 15.1. The second-order valence-electron chi connectivity index (χ2n) is 4.83. The highest BCUT2D eigenvalue weighted by Gasteiger charge is 2.31. The summed E-state index contributed by atoms with van der Waals surface area (Å²) in [6, 6.07) is -0.388. The molecular formula is C12H22N2O4. The highest BCUT2D eigenvalue weighted by atomic mass is 16.5. The Morgan fingerprint density at radius 1 is 1.50 bits per heavy atom. The third-order valence-corrected chi connectivity index (χ3v) is 2.87. The fraction of sp³-hybridized carbons (Fsp3) is 0.833. The van der Waals surface area contributed by atoms with Gasteiger partial charge in [0.25, 0.3) is 0 Å². The molecule has 2 unspecified atom stereocenters. The zero-order chi connectivity index (χ0) is 13.7. The second-order valence-corrected chi connectivity index (χ2v) is 4.83. The Labute approximate surface area is 107 Å². The van der Waals surface area contributed by atoms with Gasteiger partial charge in [-0.15, -0.1) is 0 Å². The predicted molar refractivity (Wildman–Crippen MR) is 65.9 cm³/mol. The van der Waals surface area contributed by atoms with Crippen molar-refractivity contribution in [1.29, 1.82) is 0 Å². The molecule has 0 aliphatic carbocycles. The number of ether oxygens (including phenoxy) is 1. The van der Waals surface area contributed by atoms with Gasteiger partial charge in [-0.2, -0.15) is 0 Å². The van der Waals surface area contributed by atoms with E-state index >= 15 is 0 Å². The van der Waals surface area contributed by atoms with Crippen molar-refractivity contribution in [2.75, 3.05) is 20.2 Å². The van der Waals surface area contributed by atoms with Crippen molar-refractivity contribution in [3.8, 4) is 0 Å². The number of nitrogens with one attached hydrogen (secondary N) is 1. The lowest BCUT2D eigenvalue weighted by Crippen LogP contribution is -2.53. The summed E-state index contributed by atoms with van der Waals surface area (Å²) in [4.78, 5) is 24.2. The fourth-order valence-electron chi connectivity index (χ4n) is 1.75. The van der Waals surface area contributed by atoms with Crippen molar-refractivity contribution >= 4 is 11.8 Å². The van der Waals surface area contributed by atoms with Crippen molar-refractivity contribution < 1.29 is 19.4 Å². The topological polar surface area (TPSA) is 78.9 Å². The normalized spacial score (nSPS) is 22.7. The maximum Gasteiger partial charge on any atom is 0.246 e. The third kappa shape index (κ3) is 4.36. The van der Waals surface area contributed by atoms with E-state index in [-0.39, 0.29) is 37.1 Å². The Balaban J connectivity index is 2.30. The molecule has 1 heterocycles. The number of carbonyl (C=O) groups is 2. The van der Waals surface area contributed by atoms with Gasteiger partial charge >= 0.3 is 0 Å². The number of hydrogen-bond donors (Lipinski definition) is 2. The zero-order valence-corrected chi connectivity index (χ0v) is 11.2. The molecule has 0 radical (unpaired) electrons. The number of aliphatic hydroxyl groups excluding tert-OH is 1. The van der Waals surface area contributed by atoms with E-state index in [0.29, 0.717) is 12.8 Å². The molecule has 1 rings (SSSR count). The lowest BCUT2D eigenvalue weighted by molar-refractivity contribution is -0.148. The monoisotopic (exact) mass is 258 g/mol. The number of likely N-dealkylation sites (N-methyl/N-ethyl adjacent to an activating group) is 1. The summed E-state index contributed by atoms with van der Waals surface area (Å²) >= 11 is 0. The maximum atomic E-state index is 11.7. The number of aliphatic hydroxyl groups is 1. The lowest BCUT2D eigenvalue weighted by atomic mass is 10.0. The van der Waals surface area contributed by atoms with Gasteiger partial charge in [0.15, 0.2) is 0 Å². The Bertz CT molecular complexity index is 306. The van der Waals surface area contributed by atoms with E-state index in [1.165, 1.54) is 7.05 Å². The highest BCUT2D eigenvalue weighted by Crippen LogP contribution is 2.11. The van der Waals surface area contributed by atoms with E-state index < -0.39 is 6.10 Å². The summed E-state index contributed by atoms with van der Waals surface area (Å²) < 4.78 is 5.27. The first-order valence-corrected chi connectivity index (χ1v) is 6.25. The second kappa shape index (κ2) is 6.82. The number of carbonyl (C=O) groups excluding carboxylic acids is 2. The van der Waals surface area contributed by atoms with Gasteiger partial charge in [-0.25, -0.2) is 0 Å². The van der Waals surface area contributed by atoms with Crippen LogP contribution >= 0.6 is 0 Å². The molecule has 2 atom stereocenters. The van der Waals surface area contributed by atoms with Crippen molar-refractivity contribution in [2.45, 2.75) is 44.9 Å². The summed E-state index contributed by atoms with van der Waals surface area (Å²) in [5.41, 5.74) is 0. The van der Waals surface area contributed by atoms with Crippen LogP contribution in [0.4, 0.5) is 0 Å². The number of likely N-dealkylation sites (tertiary alicyclic amines) is 1. The SMILES string of the molecule is CC(C)OCC(O)CNC1CCC(=O)N(C)C1=O. The van der Waals surface area contributed by atoms with Crippen molar-refractivity contribution in [3.63, 3.8) is 0 Å². The standard InChI is InChI=1S/C12H22N2O4/c1-8(2)18-7-9(15)6-13-10-4-5-11(16)14(3)12(10)17/h8-10,13,15H,4-7H2,1-3H3. The smallest absolute Gasteiger partial charge is 0.246 e. The molecule has 1 aliphatic rings. The van der Waals surface area contributed by atoms with E-state index in [1.54, 1.807) is 0 Å². The van der Waals surface area contributed by atoms with Crippen LogP contribution in [0.1, 0.15) is 26.7 Å². The zero-order valence-electron chi connectivity index (χ0n) is 11.2. The average molecular weight is 258 g/mol. The number of nitrogens with zero attached hydrogens (tertiary/aromatic N) is 1. The molecule has 0 saturated carbocycles. The Hall–Kier alpha value is -0.980. The van der Waals surface area contributed by atoms with Crippen LogP contribution in [0.2, 0.25) is 0 Å². The summed E-state index contributed by atoms with van der Waals surface area (Å²) in [5.74, 6) is -0.384. The lowest BCUT2D eigenvalue weighted by Gasteiger charge is -2.29. The van der Waals surface area contributed by atoms with E-state index in [4.69, 9.17) is 4.74 Å². The van der Waals surface area contributed by atoms with Crippen LogP contribution in [-0.4, -0.2) is 60.3 Å². The molecular weight excluding hydrogens is 236 g/mol. The molecule has 104 valence electrons. The molecule has 6 nitrogen and oxygen atoms in total. The van der Waals surface area contributed by atoms with Gasteiger partial charge < -0.3 is 15.2 Å². The van der Waals surface area contributed by atoms with E-state index in [1.807, 2.05) is 13.8 Å². The summed E-state index contributed by atoms with van der Waals surface area (Å²) in [6.45, 7) is 4.31. The van der Waals surface area contributed by atoms with Crippen LogP contribution in [0.5, 0.6) is 0 Å². The van der Waals surface area contributed by atoms with E-state index in [0.717, 1.165) is 4.90 Å². The molecule has 0 bridgehead atoms. The van der Waals surface area contributed by atoms with Crippen LogP contribution in [0.25, 0.3) is 0 Å². The number of piperidine rings is 1. The molecule has 2 N–H and O–H groups in total. The molecule has 1 aliphatic heterocycles. The molecule has 0 spiro atoms. The van der Waals surface area contributed by atoms with Gasteiger partial charge in [-0.3, -0.25) is 14.5 Å². The van der Waals surface area contributed by atoms with Crippen LogP contribution in [0.15, 0.2) is 0 Å². The minimum absolute atomic E-state index is 0.0692. The van der Waals surface area contributed by atoms with E-state index in [9.17, 15) is 14.7 Å². The Kier molecular flexibility index (Phi) is 5.71. The number of hydrogen-bond acceptors (Lipinski definition) is 5. The Morgan fingerprint density at radius 3 is 2.78 bits per heavy atom. The van der Waals surface area contributed by atoms with Crippen molar-refractivity contribution in [1.82, 2.24) is 10.2 Å². The molecule has 0 aromatic heterocycles. The Morgan fingerprint density at radius 2 is 2.17 bits per heavy atom. The van der Waals surface area contributed by atoms with Crippen LogP contribution in [0, 0.1) is 0 Å². The van der Waals surface area contributed by atoms with Crippen molar-refractivity contribution in [3.05, 3.63) is 0 Å². The summed E-state index contributed by atoms with van der Waals surface area (Å²) in [5, 5.41) is 12.6. The molecule has 6 heteroatoms. The number of imide groups is 1. The maximum absolute atomic E-state index is 11.7. The predicted octanol–water partition coefficient (Wildman–Crippen LogP) is -0.491. The first-order chi connectivity index (χ1) is 8.41. The van der Waals surface area contributed by atoms with Gasteiger partial charge in [0.2, 0.25) is 11.8 Å². The van der Waals surface area contributed by atoms with Gasteiger partial charge in [-0.05, 0) is 20.3 Å². The van der Waals surface area contributed by atoms with Gasteiger partial charge in [-0.1, -0.05) is 0 Å². The molecule has 1 saturated heterocycles. The largest absolute Gasteiger partial charge is 0.389 e. The number of amides is 2. The average Bonchev–Trinajstić information content (AvgIpc) is 2.32. The minimum Gasteiger partial charge on any atom is -0.389 e. The van der Waals surface area contributed by atoms with Crippen LogP contribution in [-0.2, 0) is 14.3 Å². The molecule has 0 aromatic carbocycles. The van der Waals surface area contributed by atoms with Gasteiger partial charge in [0.1, 0.15) is 0 Å². The number of rotatable bonds is 6. The van der Waals surface area contributed by atoms with E-state index in [2.05, 4.69) is 5.32 Å². The summed E-state index contributed by atoms with van der Waals surface area (Å²) in [6.07, 6.45) is 0.265. The molecule has 0 aromatic rings. The van der Waals surface area contributed by atoms with Crippen LogP contribution < -0.4 is 5.32 Å². The molecule has 18 heavy (non-hydrogen) atoms.